The molecule has 1 unspecified atom stereocenters. The van der Waals surface area contributed by atoms with E-state index < -0.39 is 34.9 Å². The lowest BCUT2D eigenvalue weighted by Gasteiger charge is -2.22. The van der Waals surface area contributed by atoms with Gasteiger partial charge in [0.2, 0.25) is 5.91 Å². The van der Waals surface area contributed by atoms with Crippen LogP contribution in [0.1, 0.15) is 44.6 Å². The molecule has 0 spiro atoms. The number of aliphatic carboxylic acids is 1. The highest BCUT2D eigenvalue weighted by atomic mass is 16.9. The van der Waals surface area contributed by atoms with Crippen molar-refractivity contribution in [1.29, 1.82) is 0 Å². The first-order valence-electron chi connectivity index (χ1n) is 11.8. The number of unbranched alkanes of at least 4 members (excludes halogenated alkanes) is 1. The van der Waals surface area contributed by atoms with E-state index in [1.165, 1.54) is 0 Å². The van der Waals surface area contributed by atoms with Crippen LogP contribution in [0.5, 0.6) is 0 Å². The summed E-state index contributed by atoms with van der Waals surface area (Å²) in [7, 11) is 0. The molecule has 0 bridgehead atoms. The van der Waals surface area contributed by atoms with Crippen molar-refractivity contribution in [1.82, 2.24) is 5.32 Å². The van der Waals surface area contributed by atoms with E-state index in [2.05, 4.69) is 10.2 Å². The molecule has 2 atom stereocenters. The maximum atomic E-state index is 12.4. The molecular weight excluding hydrogens is 468 g/mol. The summed E-state index contributed by atoms with van der Waals surface area (Å²) in [6, 6.07) is 17.4. The molecule has 36 heavy (non-hydrogen) atoms. The van der Waals surface area contributed by atoms with E-state index in [0.29, 0.717) is 25.7 Å². The van der Waals surface area contributed by atoms with Crippen LogP contribution in [0.3, 0.4) is 0 Å². The molecule has 0 heterocycles. The second-order valence-electron chi connectivity index (χ2n) is 8.49. The number of rotatable bonds is 16. The SMILES string of the molecule is CC(C[C@@H](Cc1ccc(-c2ccccc2)cc1)NC(=O)CCC(=O)O)C(=O)OCCCCO[N+](=O)[O-]. The van der Waals surface area contributed by atoms with Crippen molar-refractivity contribution >= 4 is 17.8 Å². The zero-order chi connectivity index (χ0) is 26.3. The van der Waals surface area contributed by atoms with E-state index in [1.54, 1.807) is 6.92 Å². The van der Waals surface area contributed by atoms with Gasteiger partial charge in [-0.05, 0) is 42.4 Å². The summed E-state index contributed by atoms with van der Waals surface area (Å²) >= 11 is 0. The van der Waals surface area contributed by atoms with Crippen molar-refractivity contribution in [2.24, 2.45) is 5.92 Å². The summed E-state index contributed by atoms with van der Waals surface area (Å²) in [6.07, 6.45) is 1.15. The van der Waals surface area contributed by atoms with Gasteiger partial charge >= 0.3 is 11.9 Å². The van der Waals surface area contributed by atoms with Gasteiger partial charge in [-0.3, -0.25) is 14.4 Å². The van der Waals surface area contributed by atoms with Crippen LogP contribution in [0.25, 0.3) is 11.1 Å². The van der Waals surface area contributed by atoms with Crippen LogP contribution in [0.15, 0.2) is 54.6 Å². The first kappa shape index (κ1) is 28.3. The van der Waals surface area contributed by atoms with Crippen LogP contribution < -0.4 is 5.32 Å². The maximum Gasteiger partial charge on any atom is 0.308 e. The minimum absolute atomic E-state index is 0.0619. The van der Waals surface area contributed by atoms with Crippen molar-refractivity contribution in [3.63, 3.8) is 0 Å². The smallest absolute Gasteiger partial charge is 0.308 e. The number of carbonyl (C=O) groups excluding carboxylic acids is 2. The Balaban J connectivity index is 1.95. The van der Waals surface area contributed by atoms with Crippen LogP contribution in [0.2, 0.25) is 0 Å². The Hall–Kier alpha value is -3.95. The predicted molar refractivity (Wildman–Crippen MR) is 131 cm³/mol. The van der Waals surface area contributed by atoms with Gasteiger partial charge in [-0.1, -0.05) is 61.5 Å². The number of carboxylic acids is 1. The van der Waals surface area contributed by atoms with Gasteiger partial charge in [0.15, 0.2) is 0 Å². The van der Waals surface area contributed by atoms with E-state index in [-0.39, 0.29) is 26.1 Å². The molecule has 0 fully saturated rings. The molecule has 10 heteroatoms. The highest BCUT2D eigenvalue weighted by molar-refractivity contribution is 5.81. The summed E-state index contributed by atoms with van der Waals surface area (Å²) < 4.78 is 5.26. The topological polar surface area (TPSA) is 145 Å². The average Bonchev–Trinajstić information content (AvgIpc) is 2.85. The summed E-state index contributed by atoms with van der Waals surface area (Å²) in [4.78, 5) is 49.9. The number of ether oxygens (including phenoxy) is 1. The molecule has 10 nitrogen and oxygen atoms in total. The first-order chi connectivity index (χ1) is 17.2. The molecule has 0 radical (unpaired) electrons. The predicted octanol–water partition coefficient (Wildman–Crippen LogP) is 3.80. The number of benzene rings is 2. The third-order valence-corrected chi connectivity index (χ3v) is 5.49. The van der Waals surface area contributed by atoms with Gasteiger partial charge in [-0.25, -0.2) is 0 Å². The van der Waals surface area contributed by atoms with Crippen molar-refractivity contribution in [3.8, 4) is 11.1 Å². The number of hydrogen-bond donors (Lipinski definition) is 2. The monoisotopic (exact) mass is 500 g/mol. The van der Waals surface area contributed by atoms with Crippen LogP contribution in [0.4, 0.5) is 0 Å². The summed E-state index contributed by atoms with van der Waals surface area (Å²) in [5.74, 6) is -2.41. The lowest BCUT2D eigenvalue weighted by Crippen LogP contribution is -2.39. The Morgan fingerprint density at radius 3 is 2.25 bits per heavy atom. The molecule has 0 aliphatic heterocycles. The summed E-state index contributed by atoms with van der Waals surface area (Å²) in [5, 5.41) is 21.0. The van der Waals surface area contributed by atoms with Gasteiger partial charge in [-0.2, -0.15) is 0 Å². The third kappa shape index (κ3) is 11.0. The molecule has 0 aliphatic rings. The minimum atomic E-state index is -1.06. The molecule has 0 saturated heterocycles. The van der Waals surface area contributed by atoms with Crippen molar-refractivity contribution in [3.05, 3.63) is 70.3 Å². The maximum absolute atomic E-state index is 12.4. The van der Waals surface area contributed by atoms with E-state index in [4.69, 9.17) is 9.84 Å². The third-order valence-electron chi connectivity index (χ3n) is 5.49. The zero-order valence-electron chi connectivity index (χ0n) is 20.3. The van der Waals surface area contributed by atoms with Gasteiger partial charge < -0.3 is 20.0 Å². The molecule has 2 aromatic rings. The second kappa shape index (κ2) is 15.1. The van der Waals surface area contributed by atoms with Crippen LogP contribution in [-0.2, 0) is 30.4 Å². The van der Waals surface area contributed by atoms with E-state index in [0.717, 1.165) is 16.7 Å². The van der Waals surface area contributed by atoms with Crippen LogP contribution >= 0.6 is 0 Å². The molecular formula is C26H32N2O8. The zero-order valence-corrected chi connectivity index (χ0v) is 20.3. The van der Waals surface area contributed by atoms with Gasteiger partial charge in [0.25, 0.3) is 5.09 Å². The molecule has 2 rings (SSSR count). The molecule has 194 valence electrons. The number of esters is 1. The number of carboxylic acid groups (broad SMARTS) is 1. The Morgan fingerprint density at radius 2 is 1.61 bits per heavy atom. The van der Waals surface area contributed by atoms with Crippen molar-refractivity contribution < 1.29 is 34.2 Å². The van der Waals surface area contributed by atoms with E-state index in [1.807, 2.05) is 54.6 Å². The number of amides is 1. The Kier molecular flexibility index (Phi) is 11.9. The highest BCUT2D eigenvalue weighted by Crippen LogP contribution is 2.21. The highest BCUT2D eigenvalue weighted by Gasteiger charge is 2.22. The molecule has 2 aromatic carbocycles. The first-order valence-corrected chi connectivity index (χ1v) is 11.8. The Bertz CT molecular complexity index is 995. The fourth-order valence-corrected chi connectivity index (χ4v) is 3.64. The summed E-state index contributed by atoms with van der Waals surface area (Å²) in [6.45, 7) is 1.75. The fraction of sp³-hybridized carbons (Fsp3) is 0.423. The molecule has 0 saturated carbocycles. The summed E-state index contributed by atoms with van der Waals surface area (Å²) in [5.41, 5.74) is 3.11. The Morgan fingerprint density at radius 1 is 0.972 bits per heavy atom. The number of hydrogen-bond acceptors (Lipinski definition) is 7. The number of nitrogens with zero attached hydrogens (tertiary/aromatic N) is 1. The average molecular weight is 501 g/mol. The molecule has 1 amide bonds. The van der Waals surface area contributed by atoms with Gasteiger partial charge in [0.05, 0.1) is 25.6 Å². The van der Waals surface area contributed by atoms with E-state index in [9.17, 15) is 24.5 Å². The number of carbonyl (C=O) groups is 3. The standard InChI is InChI=1S/C26H32N2O8/c1-19(26(32)35-15-5-6-16-36-28(33)34)17-23(27-24(29)13-14-25(30)31)18-20-9-11-22(12-10-20)21-7-3-2-4-8-21/h2-4,7-12,19,23H,5-6,13-18H2,1H3,(H,27,29)(H,30,31)/t19?,23-/m0/s1. The largest absolute Gasteiger partial charge is 0.481 e. The lowest BCUT2D eigenvalue weighted by atomic mass is 9.94. The van der Waals surface area contributed by atoms with Gasteiger partial charge in [-0.15, -0.1) is 10.1 Å². The lowest BCUT2D eigenvalue weighted by molar-refractivity contribution is -0.757. The van der Waals surface area contributed by atoms with Crippen molar-refractivity contribution in [2.45, 2.75) is 51.5 Å². The minimum Gasteiger partial charge on any atom is -0.481 e. The fourth-order valence-electron chi connectivity index (χ4n) is 3.64. The van der Waals surface area contributed by atoms with Crippen molar-refractivity contribution in [2.75, 3.05) is 13.2 Å². The van der Waals surface area contributed by atoms with Crippen LogP contribution in [0, 0.1) is 16.0 Å². The van der Waals surface area contributed by atoms with E-state index >= 15 is 0 Å². The second-order valence-corrected chi connectivity index (χ2v) is 8.49. The number of nitrogens with one attached hydrogen (secondary N) is 1. The molecule has 2 N–H and O–H groups in total. The van der Waals surface area contributed by atoms with Crippen LogP contribution in [-0.4, -0.2) is 47.3 Å². The van der Waals surface area contributed by atoms with Gasteiger partial charge in [0, 0.05) is 12.5 Å². The molecule has 0 aromatic heterocycles. The molecule has 0 aliphatic carbocycles. The Labute approximate surface area is 209 Å². The normalized spacial score (nSPS) is 12.2. The van der Waals surface area contributed by atoms with Gasteiger partial charge in [0.1, 0.15) is 0 Å². The quantitative estimate of drug-likeness (QED) is 0.153.